The average molecular weight is 249 g/mol. The van der Waals surface area contributed by atoms with Crippen molar-refractivity contribution in [3.05, 3.63) is 35.1 Å². The van der Waals surface area contributed by atoms with Crippen LogP contribution in [-0.4, -0.2) is 6.04 Å². The van der Waals surface area contributed by atoms with Crippen LogP contribution in [0.4, 0.5) is 4.39 Å². The molecular weight excluding hydrogens is 225 g/mol. The van der Waals surface area contributed by atoms with E-state index in [4.69, 9.17) is 5.73 Å². The molecule has 1 atom stereocenters. The van der Waals surface area contributed by atoms with Gasteiger partial charge in [-0.25, -0.2) is 4.39 Å². The molecule has 0 spiro atoms. The largest absolute Gasteiger partial charge is 0.327 e. The third-order valence-electron chi connectivity index (χ3n) is 4.27. The van der Waals surface area contributed by atoms with E-state index in [0.717, 1.165) is 12.0 Å². The Hall–Kier alpha value is -0.890. The minimum absolute atomic E-state index is 0.153. The summed E-state index contributed by atoms with van der Waals surface area (Å²) in [5, 5.41) is 0. The first-order valence-corrected chi connectivity index (χ1v) is 7.17. The third-order valence-corrected chi connectivity index (χ3v) is 4.27. The van der Waals surface area contributed by atoms with Crippen LogP contribution in [-0.2, 0) is 6.42 Å². The molecule has 0 heterocycles. The lowest BCUT2D eigenvalue weighted by molar-refractivity contribution is 0.372. The molecule has 2 rings (SSSR count). The zero-order valence-electron chi connectivity index (χ0n) is 11.3. The summed E-state index contributed by atoms with van der Waals surface area (Å²) in [6, 6.07) is 5.27. The van der Waals surface area contributed by atoms with Crippen molar-refractivity contribution >= 4 is 0 Å². The van der Waals surface area contributed by atoms with Gasteiger partial charge in [-0.05, 0) is 55.4 Å². The normalized spacial score (nSPS) is 19.5. The summed E-state index contributed by atoms with van der Waals surface area (Å²) in [4.78, 5) is 0. The van der Waals surface area contributed by atoms with Crippen molar-refractivity contribution in [3.63, 3.8) is 0 Å². The van der Waals surface area contributed by atoms with Crippen molar-refractivity contribution in [2.75, 3.05) is 0 Å². The molecule has 0 aliphatic heterocycles. The van der Waals surface area contributed by atoms with E-state index in [-0.39, 0.29) is 11.9 Å². The second-order valence-corrected chi connectivity index (χ2v) is 5.69. The molecule has 2 N–H and O–H groups in total. The topological polar surface area (TPSA) is 26.0 Å². The van der Waals surface area contributed by atoms with Gasteiger partial charge in [0.05, 0.1) is 0 Å². The maximum atomic E-state index is 13.1. The highest BCUT2D eigenvalue weighted by Gasteiger charge is 2.20. The molecule has 1 aromatic rings. The van der Waals surface area contributed by atoms with E-state index >= 15 is 0 Å². The van der Waals surface area contributed by atoms with Crippen LogP contribution in [0.2, 0.25) is 0 Å². The molecular formula is C16H24FN. The van der Waals surface area contributed by atoms with Gasteiger partial charge in [0.15, 0.2) is 0 Å². The highest BCUT2D eigenvalue weighted by atomic mass is 19.1. The first kappa shape index (κ1) is 13.5. The second kappa shape index (κ2) is 6.33. The smallest absolute Gasteiger partial charge is 0.123 e. The van der Waals surface area contributed by atoms with Gasteiger partial charge in [-0.1, -0.05) is 31.7 Å². The van der Waals surface area contributed by atoms with E-state index in [1.165, 1.54) is 44.1 Å². The van der Waals surface area contributed by atoms with E-state index in [2.05, 4.69) is 0 Å². The van der Waals surface area contributed by atoms with Crippen LogP contribution in [0.5, 0.6) is 0 Å². The van der Waals surface area contributed by atoms with Gasteiger partial charge in [0.25, 0.3) is 0 Å². The SMILES string of the molecule is Cc1cc(F)ccc1CC(N)C1CCCCCC1. The van der Waals surface area contributed by atoms with Crippen molar-refractivity contribution in [2.45, 2.75) is 57.9 Å². The number of hydrogen-bond donors (Lipinski definition) is 1. The van der Waals surface area contributed by atoms with Gasteiger partial charge in [0.1, 0.15) is 5.82 Å². The molecule has 1 fully saturated rings. The molecule has 1 nitrogen and oxygen atoms in total. The van der Waals surface area contributed by atoms with E-state index in [0.29, 0.717) is 5.92 Å². The molecule has 18 heavy (non-hydrogen) atoms. The van der Waals surface area contributed by atoms with Crippen molar-refractivity contribution in [3.8, 4) is 0 Å². The van der Waals surface area contributed by atoms with Crippen LogP contribution in [0.15, 0.2) is 18.2 Å². The Morgan fingerprint density at radius 2 is 1.89 bits per heavy atom. The minimum Gasteiger partial charge on any atom is -0.327 e. The van der Waals surface area contributed by atoms with Crippen molar-refractivity contribution in [1.82, 2.24) is 0 Å². The van der Waals surface area contributed by atoms with Crippen LogP contribution >= 0.6 is 0 Å². The predicted molar refractivity (Wildman–Crippen MR) is 74.0 cm³/mol. The first-order valence-electron chi connectivity index (χ1n) is 7.17. The summed E-state index contributed by atoms with van der Waals surface area (Å²) in [5.74, 6) is 0.497. The number of nitrogens with two attached hydrogens (primary N) is 1. The van der Waals surface area contributed by atoms with Crippen LogP contribution in [0, 0.1) is 18.7 Å². The Morgan fingerprint density at radius 1 is 1.22 bits per heavy atom. The molecule has 0 aromatic heterocycles. The molecule has 0 saturated heterocycles. The Balaban J connectivity index is 1.98. The Morgan fingerprint density at radius 3 is 2.50 bits per heavy atom. The van der Waals surface area contributed by atoms with Crippen molar-refractivity contribution in [2.24, 2.45) is 11.7 Å². The lowest BCUT2D eigenvalue weighted by Crippen LogP contribution is -2.32. The summed E-state index contributed by atoms with van der Waals surface area (Å²) in [7, 11) is 0. The number of hydrogen-bond acceptors (Lipinski definition) is 1. The molecule has 1 saturated carbocycles. The molecule has 1 aliphatic carbocycles. The van der Waals surface area contributed by atoms with Crippen molar-refractivity contribution in [1.29, 1.82) is 0 Å². The highest BCUT2D eigenvalue weighted by molar-refractivity contribution is 5.27. The second-order valence-electron chi connectivity index (χ2n) is 5.69. The molecule has 0 amide bonds. The lowest BCUT2D eigenvalue weighted by atomic mass is 9.87. The summed E-state index contributed by atoms with van der Waals surface area (Å²) in [6.07, 6.45) is 8.78. The van der Waals surface area contributed by atoms with Gasteiger partial charge >= 0.3 is 0 Å². The number of aryl methyl sites for hydroxylation is 1. The minimum atomic E-state index is -0.153. The molecule has 100 valence electrons. The van der Waals surface area contributed by atoms with Gasteiger partial charge < -0.3 is 5.73 Å². The zero-order valence-corrected chi connectivity index (χ0v) is 11.3. The van der Waals surface area contributed by atoms with E-state index in [9.17, 15) is 4.39 Å². The van der Waals surface area contributed by atoms with Gasteiger partial charge in [0.2, 0.25) is 0 Å². The third kappa shape index (κ3) is 3.55. The number of rotatable bonds is 3. The van der Waals surface area contributed by atoms with Crippen molar-refractivity contribution < 1.29 is 4.39 Å². The molecule has 1 aliphatic rings. The lowest BCUT2D eigenvalue weighted by Gasteiger charge is -2.23. The molecule has 1 aromatic carbocycles. The summed E-state index contributed by atoms with van der Waals surface area (Å²) >= 11 is 0. The maximum absolute atomic E-state index is 13.1. The summed E-state index contributed by atoms with van der Waals surface area (Å²) < 4.78 is 13.1. The molecule has 0 radical (unpaired) electrons. The summed E-state index contributed by atoms with van der Waals surface area (Å²) in [6.45, 7) is 1.97. The van der Waals surface area contributed by atoms with E-state index in [1.807, 2.05) is 13.0 Å². The van der Waals surface area contributed by atoms with Gasteiger partial charge in [0, 0.05) is 6.04 Å². The molecule has 1 unspecified atom stereocenters. The first-order chi connectivity index (χ1) is 8.66. The van der Waals surface area contributed by atoms with Crippen LogP contribution < -0.4 is 5.73 Å². The van der Waals surface area contributed by atoms with Crippen LogP contribution in [0.25, 0.3) is 0 Å². The Kier molecular flexibility index (Phi) is 4.76. The fraction of sp³-hybridized carbons (Fsp3) is 0.625. The molecule has 0 bridgehead atoms. The Bertz CT molecular complexity index is 381. The number of halogens is 1. The van der Waals surface area contributed by atoms with Gasteiger partial charge in [-0.2, -0.15) is 0 Å². The van der Waals surface area contributed by atoms with Crippen LogP contribution in [0.1, 0.15) is 49.7 Å². The summed E-state index contributed by atoms with van der Waals surface area (Å²) in [5.41, 5.74) is 8.59. The fourth-order valence-electron chi connectivity index (χ4n) is 3.05. The zero-order chi connectivity index (χ0) is 13.0. The monoisotopic (exact) mass is 249 g/mol. The molecule has 2 heteroatoms. The van der Waals surface area contributed by atoms with Gasteiger partial charge in [-0.15, -0.1) is 0 Å². The fourth-order valence-corrected chi connectivity index (χ4v) is 3.05. The highest BCUT2D eigenvalue weighted by Crippen LogP contribution is 2.26. The standard InChI is InChI=1S/C16H24FN/c1-12-10-15(17)9-8-14(12)11-16(18)13-6-4-2-3-5-7-13/h8-10,13,16H,2-7,11,18H2,1H3. The quantitative estimate of drug-likeness (QED) is 0.806. The van der Waals surface area contributed by atoms with E-state index < -0.39 is 0 Å². The number of benzene rings is 1. The van der Waals surface area contributed by atoms with Crippen LogP contribution in [0.3, 0.4) is 0 Å². The maximum Gasteiger partial charge on any atom is 0.123 e. The average Bonchev–Trinajstić information content (AvgIpc) is 2.61. The van der Waals surface area contributed by atoms with E-state index in [1.54, 1.807) is 12.1 Å². The predicted octanol–water partition coefficient (Wildman–Crippen LogP) is 3.97. The Labute approximate surface area is 110 Å². The van der Waals surface area contributed by atoms with Gasteiger partial charge in [-0.3, -0.25) is 0 Å².